The molecule has 2 aromatic carbocycles. The van der Waals surface area contributed by atoms with Crippen LogP contribution in [0.5, 0.6) is 0 Å². The number of aromatic nitrogens is 1. The number of benzene rings is 2. The van der Waals surface area contributed by atoms with Gasteiger partial charge < -0.3 is 14.4 Å². The van der Waals surface area contributed by atoms with Crippen LogP contribution in [0.2, 0.25) is 5.02 Å². The van der Waals surface area contributed by atoms with Crippen LogP contribution in [0.15, 0.2) is 48.5 Å². The molecule has 220 valence electrons. The third-order valence-electron chi connectivity index (χ3n) is 8.15. The van der Waals surface area contributed by atoms with Crippen molar-refractivity contribution in [3.05, 3.63) is 64.8 Å². The molecule has 3 heterocycles. The number of halogens is 1. The first-order valence-electron chi connectivity index (χ1n) is 14.2. The first-order chi connectivity index (χ1) is 19.5. The number of carbonyl (C=O) groups is 2. The Bertz CT molecular complexity index is 1550. The molecule has 3 aromatic rings. The van der Waals surface area contributed by atoms with Gasteiger partial charge in [0, 0.05) is 80.1 Å². The maximum atomic E-state index is 13.9. The molecule has 2 saturated heterocycles. The second kappa shape index (κ2) is 11.8. The van der Waals surface area contributed by atoms with E-state index in [-0.39, 0.29) is 24.9 Å². The standard InChI is InChI=1S/C30H38ClN5O4S/c1-21(2)32-10-12-33(13-11-32)29(37)23-8-9-27-24(18-23)19-28(36(27)26-7-5-6-25(31)20-26)30(38)34-14-16-35(17-15-34)41(39,40)22(3)4/h5-9,18-22H,10-17H2,1-4H3. The van der Waals surface area contributed by atoms with E-state index >= 15 is 0 Å². The van der Waals surface area contributed by atoms with Gasteiger partial charge in [0.25, 0.3) is 11.8 Å². The molecule has 0 spiro atoms. The zero-order chi connectivity index (χ0) is 29.5. The lowest BCUT2D eigenvalue weighted by Gasteiger charge is -2.37. The van der Waals surface area contributed by atoms with E-state index < -0.39 is 15.3 Å². The minimum Gasteiger partial charge on any atom is -0.336 e. The molecular weight excluding hydrogens is 562 g/mol. The molecule has 0 unspecified atom stereocenters. The third-order valence-corrected chi connectivity index (χ3v) is 10.7. The van der Waals surface area contributed by atoms with Crippen LogP contribution >= 0.6 is 11.6 Å². The van der Waals surface area contributed by atoms with Gasteiger partial charge in [-0.15, -0.1) is 0 Å². The summed E-state index contributed by atoms with van der Waals surface area (Å²) >= 11 is 6.34. The number of amides is 2. The van der Waals surface area contributed by atoms with Gasteiger partial charge in [0.1, 0.15) is 5.69 Å². The van der Waals surface area contributed by atoms with Gasteiger partial charge >= 0.3 is 0 Å². The van der Waals surface area contributed by atoms with Crippen molar-refractivity contribution in [2.24, 2.45) is 0 Å². The molecule has 0 radical (unpaired) electrons. The molecule has 41 heavy (non-hydrogen) atoms. The highest BCUT2D eigenvalue weighted by Gasteiger charge is 2.32. The number of rotatable bonds is 6. The van der Waals surface area contributed by atoms with E-state index in [1.807, 2.05) is 45.9 Å². The van der Waals surface area contributed by atoms with Gasteiger partial charge in [-0.1, -0.05) is 17.7 Å². The van der Waals surface area contributed by atoms with Crippen LogP contribution in [0, 0.1) is 0 Å². The number of hydrogen-bond acceptors (Lipinski definition) is 5. The number of nitrogens with zero attached hydrogens (tertiary/aromatic N) is 5. The van der Waals surface area contributed by atoms with E-state index in [9.17, 15) is 18.0 Å². The SMILES string of the molecule is CC(C)N1CCN(C(=O)c2ccc3c(c2)cc(C(=O)N2CCN(S(=O)(=O)C(C)C)CC2)n3-c2cccc(Cl)c2)CC1. The average molecular weight is 600 g/mol. The Morgan fingerprint density at radius 2 is 1.41 bits per heavy atom. The Balaban J connectivity index is 1.45. The molecule has 2 aliphatic rings. The van der Waals surface area contributed by atoms with Crippen LogP contribution in [-0.4, -0.2) is 107 Å². The van der Waals surface area contributed by atoms with Gasteiger partial charge in [0.2, 0.25) is 10.0 Å². The molecule has 2 fully saturated rings. The molecule has 0 bridgehead atoms. The second-order valence-electron chi connectivity index (χ2n) is 11.3. The van der Waals surface area contributed by atoms with E-state index in [0.29, 0.717) is 48.5 Å². The molecule has 0 aliphatic carbocycles. The van der Waals surface area contributed by atoms with Gasteiger partial charge in [0.15, 0.2) is 0 Å². The largest absolute Gasteiger partial charge is 0.336 e. The normalized spacial score (nSPS) is 17.6. The number of carbonyl (C=O) groups excluding carboxylic acids is 2. The maximum absolute atomic E-state index is 13.9. The summed E-state index contributed by atoms with van der Waals surface area (Å²) in [5.74, 6) is -0.207. The Hall–Kier alpha value is -2.92. The summed E-state index contributed by atoms with van der Waals surface area (Å²) in [5, 5.41) is 0.815. The van der Waals surface area contributed by atoms with E-state index in [4.69, 9.17) is 11.6 Å². The lowest BCUT2D eigenvalue weighted by Crippen LogP contribution is -2.52. The lowest BCUT2D eigenvalue weighted by atomic mass is 10.1. The molecule has 0 N–H and O–H groups in total. The highest BCUT2D eigenvalue weighted by atomic mass is 35.5. The Kier molecular flexibility index (Phi) is 8.48. The van der Waals surface area contributed by atoms with E-state index in [1.165, 1.54) is 4.31 Å². The van der Waals surface area contributed by atoms with Crippen LogP contribution in [0.4, 0.5) is 0 Å². The number of fused-ring (bicyclic) bond motifs is 1. The molecule has 9 nitrogen and oxygen atoms in total. The number of hydrogen-bond donors (Lipinski definition) is 0. The van der Waals surface area contributed by atoms with Crippen molar-refractivity contribution < 1.29 is 18.0 Å². The van der Waals surface area contributed by atoms with Crippen molar-refractivity contribution >= 4 is 44.3 Å². The first kappa shape index (κ1) is 29.6. The zero-order valence-electron chi connectivity index (χ0n) is 24.1. The molecule has 2 amide bonds. The Morgan fingerprint density at radius 1 is 0.780 bits per heavy atom. The van der Waals surface area contributed by atoms with Crippen molar-refractivity contribution in [1.82, 2.24) is 23.6 Å². The molecular formula is C30H38ClN5O4S. The highest BCUT2D eigenvalue weighted by Crippen LogP contribution is 2.29. The lowest BCUT2D eigenvalue weighted by molar-refractivity contribution is 0.0595. The fourth-order valence-electron chi connectivity index (χ4n) is 5.63. The van der Waals surface area contributed by atoms with Gasteiger partial charge in [-0.25, -0.2) is 8.42 Å². The Labute approximate surface area is 247 Å². The van der Waals surface area contributed by atoms with Crippen molar-refractivity contribution in [3.63, 3.8) is 0 Å². The summed E-state index contributed by atoms with van der Waals surface area (Å²) in [6.45, 7) is 11.8. The average Bonchev–Trinajstić information content (AvgIpc) is 3.35. The highest BCUT2D eigenvalue weighted by molar-refractivity contribution is 7.89. The number of sulfonamides is 1. The van der Waals surface area contributed by atoms with Gasteiger partial charge in [0.05, 0.1) is 10.8 Å². The summed E-state index contributed by atoms with van der Waals surface area (Å²) in [4.78, 5) is 33.3. The quantitative estimate of drug-likeness (QED) is 0.428. The topological polar surface area (TPSA) is 86.2 Å². The summed E-state index contributed by atoms with van der Waals surface area (Å²) < 4.78 is 28.6. The van der Waals surface area contributed by atoms with Gasteiger partial charge in [-0.3, -0.25) is 14.5 Å². The van der Waals surface area contributed by atoms with Crippen LogP contribution in [0.1, 0.15) is 48.5 Å². The Morgan fingerprint density at radius 3 is 2.02 bits per heavy atom. The predicted molar refractivity (Wildman–Crippen MR) is 162 cm³/mol. The van der Waals surface area contributed by atoms with Crippen LogP contribution in [0.3, 0.4) is 0 Å². The molecule has 0 saturated carbocycles. The van der Waals surface area contributed by atoms with Crippen molar-refractivity contribution in [2.45, 2.75) is 39.0 Å². The van der Waals surface area contributed by atoms with Crippen molar-refractivity contribution in [3.8, 4) is 5.69 Å². The minimum absolute atomic E-state index is 0.0128. The molecule has 5 rings (SSSR count). The fourth-order valence-corrected chi connectivity index (χ4v) is 7.08. The van der Waals surface area contributed by atoms with Crippen molar-refractivity contribution in [2.75, 3.05) is 52.4 Å². The predicted octanol–water partition coefficient (Wildman–Crippen LogP) is 3.95. The van der Waals surface area contributed by atoms with E-state index in [1.54, 1.807) is 30.9 Å². The van der Waals surface area contributed by atoms with E-state index in [0.717, 1.165) is 29.7 Å². The summed E-state index contributed by atoms with van der Waals surface area (Å²) in [6, 6.07) is 15.2. The summed E-state index contributed by atoms with van der Waals surface area (Å²) in [5.41, 5.74) is 2.56. The van der Waals surface area contributed by atoms with Gasteiger partial charge in [-0.2, -0.15) is 4.31 Å². The second-order valence-corrected chi connectivity index (χ2v) is 14.3. The fraction of sp³-hybridized carbons (Fsp3) is 0.467. The van der Waals surface area contributed by atoms with Crippen molar-refractivity contribution in [1.29, 1.82) is 0 Å². The van der Waals surface area contributed by atoms with Crippen LogP contribution in [0.25, 0.3) is 16.6 Å². The van der Waals surface area contributed by atoms with Crippen LogP contribution < -0.4 is 0 Å². The van der Waals surface area contributed by atoms with Gasteiger partial charge in [-0.05, 0) is 70.2 Å². The summed E-state index contributed by atoms with van der Waals surface area (Å²) in [7, 11) is -3.38. The van der Waals surface area contributed by atoms with E-state index in [2.05, 4.69) is 18.7 Å². The zero-order valence-corrected chi connectivity index (χ0v) is 25.7. The molecule has 11 heteroatoms. The minimum atomic E-state index is -3.38. The first-order valence-corrected chi connectivity index (χ1v) is 16.1. The monoisotopic (exact) mass is 599 g/mol. The smallest absolute Gasteiger partial charge is 0.270 e. The third kappa shape index (κ3) is 5.88. The molecule has 1 aromatic heterocycles. The molecule has 0 atom stereocenters. The van der Waals surface area contributed by atoms with Crippen LogP contribution in [-0.2, 0) is 10.0 Å². The summed E-state index contributed by atoms with van der Waals surface area (Å²) in [6.07, 6.45) is 0. The molecule has 2 aliphatic heterocycles. The number of piperazine rings is 2. The maximum Gasteiger partial charge on any atom is 0.270 e.